The molecular weight excluding hydrogens is 475 g/mol. The van der Waals surface area contributed by atoms with Gasteiger partial charge in [0.1, 0.15) is 9.88 Å². The van der Waals surface area contributed by atoms with E-state index < -0.39 is 0 Å². The van der Waals surface area contributed by atoms with Crippen molar-refractivity contribution in [1.82, 2.24) is 15.6 Å². The van der Waals surface area contributed by atoms with Gasteiger partial charge >= 0.3 is 5.97 Å². The van der Waals surface area contributed by atoms with Crippen LogP contribution in [0.4, 0.5) is 0 Å². The SMILES string of the molecule is CCNC(=NCC1(C)CCCC1)NC(C)c1nc(C)c(C(=O)OCC)s1.I. The van der Waals surface area contributed by atoms with E-state index >= 15 is 0 Å². The van der Waals surface area contributed by atoms with Crippen LogP contribution >= 0.6 is 35.3 Å². The quantitative estimate of drug-likeness (QED) is 0.247. The molecule has 0 bridgehead atoms. The number of rotatable bonds is 7. The average molecular weight is 508 g/mol. The molecule has 1 aromatic rings. The minimum Gasteiger partial charge on any atom is -0.462 e. The number of halogens is 1. The first-order valence-electron chi connectivity index (χ1n) is 9.58. The predicted molar refractivity (Wildman–Crippen MR) is 122 cm³/mol. The maximum Gasteiger partial charge on any atom is 0.350 e. The number of esters is 1. The molecule has 1 unspecified atom stereocenters. The van der Waals surface area contributed by atoms with Crippen molar-refractivity contribution in [3.05, 3.63) is 15.6 Å². The van der Waals surface area contributed by atoms with Crippen molar-refractivity contribution in [1.29, 1.82) is 0 Å². The number of aryl methyl sites for hydroxylation is 1. The fourth-order valence-electron chi connectivity index (χ4n) is 3.23. The van der Waals surface area contributed by atoms with Crippen LogP contribution in [-0.4, -0.2) is 36.6 Å². The number of aromatic nitrogens is 1. The monoisotopic (exact) mass is 508 g/mol. The Morgan fingerprint density at radius 2 is 2.04 bits per heavy atom. The highest BCUT2D eigenvalue weighted by Crippen LogP contribution is 2.37. The number of carbonyl (C=O) groups is 1. The second-order valence-electron chi connectivity index (χ2n) is 7.27. The molecule has 0 spiro atoms. The molecule has 154 valence electrons. The van der Waals surface area contributed by atoms with Gasteiger partial charge in [-0.3, -0.25) is 4.99 Å². The van der Waals surface area contributed by atoms with E-state index in [0.717, 1.165) is 29.8 Å². The van der Waals surface area contributed by atoms with E-state index in [0.29, 0.717) is 16.9 Å². The lowest BCUT2D eigenvalue weighted by atomic mass is 9.89. The molecule has 1 aromatic heterocycles. The molecule has 1 fully saturated rings. The molecule has 6 nitrogen and oxygen atoms in total. The molecule has 27 heavy (non-hydrogen) atoms. The summed E-state index contributed by atoms with van der Waals surface area (Å²) in [6.45, 7) is 12.1. The number of hydrogen-bond acceptors (Lipinski definition) is 5. The van der Waals surface area contributed by atoms with E-state index in [1.54, 1.807) is 0 Å². The Labute approximate surface area is 184 Å². The lowest BCUT2D eigenvalue weighted by molar-refractivity contribution is 0.0531. The molecule has 1 aliphatic carbocycles. The molecule has 2 rings (SSSR count). The molecule has 2 N–H and O–H groups in total. The third-order valence-corrected chi connectivity index (χ3v) is 6.09. The third kappa shape index (κ3) is 6.89. The van der Waals surface area contributed by atoms with Crippen molar-refractivity contribution in [2.75, 3.05) is 19.7 Å². The predicted octanol–water partition coefficient (Wildman–Crippen LogP) is 4.44. The number of aliphatic imine (C=N–C) groups is 1. The van der Waals surface area contributed by atoms with Gasteiger partial charge in [-0.1, -0.05) is 19.8 Å². The molecule has 0 radical (unpaired) electrons. The smallest absolute Gasteiger partial charge is 0.350 e. The minimum atomic E-state index is -0.296. The van der Waals surface area contributed by atoms with Crippen molar-refractivity contribution in [2.24, 2.45) is 10.4 Å². The lowest BCUT2D eigenvalue weighted by Crippen LogP contribution is -2.39. The van der Waals surface area contributed by atoms with Crippen molar-refractivity contribution in [2.45, 2.75) is 66.3 Å². The van der Waals surface area contributed by atoms with Gasteiger partial charge in [-0.25, -0.2) is 9.78 Å². The molecular formula is C19H33IN4O2S. The summed E-state index contributed by atoms with van der Waals surface area (Å²) in [5, 5.41) is 7.60. The molecule has 1 saturated carbocycles. The van der Waals surface area contributed by atoms with E-state index in [1.807, 2.05) is 20.8 Å². The van der Waals surface area contributed by atoms with E-state index in [2.05, 4.69) is 29.5 Å². The largest absolute Gasteiger partial charge is 0.462 e. The van der Waals surface area contributed by atoms with Gasteiger partial charge in [-0.15, -0.1) is 35.3 Å². The summed E-state index contributed by atoms with van der Waals surface area (Å²) in [6.07, 6.45) is 5.11. The van der Waals surface area contributed by atoms with Gasteiger partial charge in [0.25, 0.3) is 0 Å². The Morgan fingerprint density at radius 1 is 1.37 bits per heavy atom. The lowest BCUT2D eigenvalue weighted by Gasteiger charge is -2.22. The van der Waals surface area contributed by atoms with E-state index in [1.165, 1.54) is 37.0 Å². The number of hydrogen-bond donors (Lipinski definition) is 2. The van der Waals surface area contributed by atoms with Crippen molar-refractivity contribution in [3.63, 3.8) is 0 Å². The van der Waals surface area contributed by atoms with E-state index in [9.17, 15) is 4.79 Å². The fraction of sp³-hybridized carbons (Fsp3) is 0.737. The number of thiazole rings is 1. The highest BCUT2D eigenvalue weighted by Gasteiger charge is 2.28. The molecule has 8 heteroatoms. The van der Waals surface area contributed by atoms with Crippen LogP contribution in [0.2, 0.25) is 0 Å². The zero-order valence-electron chi connectivity index (χ0n) is 17.1. The molecule has 1 atom stereocenters. The van der Waals surface area contributed by atoms with Crippen LogP contribution in [0.5, 0.6) is 0 Å². The standard InChI is InChI=1S/C19H32N4O2S.HI/c1-6-20-18(21-12-19(5)10-8-9-11-19)23-14(4)16-22-13(3)15(26-16)17(24)25-7-2;/h14H,6-12H2,1-5H3,(H2,20,21,23);1H. The number of guanidine groups is 1. The number of nitrogens with one attached hydrogen (secondary N) is 2. The Hall–Kier alpha value is -0.900. The summed E-state index contributed by atoms with van der Waals surface area (Å²) in [6, 6.07) is -0.0314. The second kappa shape index (κ2) is 11.2. The molecule has 0 aliphatic heterocycles. The molecule has 0 aromatic carbocycles. The fourth-order valence-corrected chi connectivity index (χ4v) is 4.19. The highest BCUT2D eigenvalue weighted by molar-refractivity contribution is 14.0. The first kappa shape index (κ1) is 24.1. The van der Waals surface area contributed by atoms with Crippen LogP contribution in [0.25, 0.3) is 0 Å². The van der Waals surface area contributed by atoms with Crippen molar-refractivity contribution >= 4 is 47.2 Å². The van der Waals surface area contributed by atoms with Crippen LogP contribution in [0.1, 0.15) is 79.8 Å². The van der Waals surface area contributed by atoms with Crippen LogP contribution in [0.15, 0.2) is 4.99 Å². The van der Waals surface area contributed by atoms with E-state index in [-0.39, 0.29) is 36.0 Å². The first-order chi connectivity index (χ1) is 12.4. The Bertz CT molecular complexity index is 642. The van der Waals surface area contributed by atoms with Crippen molar-refractivity contribution < 1.29 is 9.53 Å². The minimum absolute atomic E-state index is 0. The van der Waals surface area contributed by atoms with Gasteiger partial charge in [0.15, 0.2) is 5.96 Å². The topological polar surface area (TPSA) is 75.6 Å². The molecule has 0 saturated heterocycles. The molecule has 0 amide bonds. The summed E-state index contributed by atoms with van der Waals surface area (Å²) in [4.78, 5) is 21.9. The Morgan fingerprint density at radius 3 is 2.63 bits per heavy atom. The zero-order valence-corrected chi connectivity index (χ0v) is 20.2. The summed E-state index contributed by atoms with van der Waals surface area (Å²) >= 11 is 1.39. The maximum absolute atomic E-state index is 12.0. The second-order valence-corrected chi connectivity index (χ2v) is 8.30. The van der Waals surface area contributed by atoms with Crippen LogP contribution in [-0.2, 0) is 4.74 Å². The number of nitrogens with zero attached hydrogens (tertiary/aromatic N) is 2. The molecule has 1 heterocycles. The van der Waals surface area contributed by atoms with Crippen LogP contribution in [0.3, 0.4) is 0 Å². The summed E-state index contributed by atoms with van der Waals surface area (Å²) < 4.78 is 5.10. The average Bonchev–Trinajstić information content (AvgIpc) is 3.20. The van der Waals surface area contributed by atoms with Gasteiger partial charge in [0, 0.05) is 13.1 Å². The summed E-state index contributed by atoms with van der Waals surface area (Å²) in [7, 11) is 0. The van der Waals surface area contributed by atoms with Crippen LogP contribution in [0, 0.1) is 12.3 Å². The van der Waals surface area contributed by atoms with Gasteiger partial charge in [0.2, 0.25) is 0 Å². The number of carbonyl (C=O) groups excluding carboxylic acids is 1. The van der Waals surface area contributed by atoms with Crippen LogP contribution < -0.4 is 10.6 Å². The number of ether oxygens (including phenoxy) is 1. The van der Waals surface area contributed by atoms with Gasteiger partial charge in [-0.2, -0.15) is 0 Å². The summed E-state index contributed by atoms with van der Waals surface area (Å²) in [5.74, 6) is 0.509. The maximum atomic E-state index is 12.0. The van der Waals surface area contributed by atoms with Gasteiger partial charge < -0.3 is 15.4 Å². The van der Waals surface area contributed by atoms with Gasteiger partial charge in [0.05, 0.1) is 18.3 Å². The van der Waals surface area contributed by atoms with Crippen molar-refractivity contribution in [3.8, 4) is 0 Å². The Balaban J connectivity index is 0.00000364. The Kier molecular flexibility index (Phi) is 10.0. The zero-order chi connectivity index (χ0) is 19.2. The third-order valence-electron chi connectivity index (χ3n) is 4.77. The first-order valence-corrected chi connectivity index (χ1v) is 10.4. The van der Waals surface area contributed by atoms with Gasteiger partial charge in [-0.05, 0) is 46.0 Å². The molecule has 1 aliphatic rings. The van der Waals surface area contributed by atoms with E-state index in [4.69, 9.17) is 9.73 Å². The normalized spacial score (nSPS) is 17.1. The highest BCUT2D eigenvalue weighted by atomic mass is 127. The summed E-state index contributed by atoms with van der Waals surface area (Å²) in [5.41, 5.74) is 1.04.